The van der Waals surface area contributed by atoms with Gasteiger partial charge in [0, 0.05) is 23.5 Å². The first-order chi connectivity index (χ1) is 15.1. The van der Waals surface area contributed by atoms with Gasteiger partial charge in [0.2, 0.25) is 5.88 Å². The Morgan fingerprint density at radius 1 is 1.25 bits per heavy atom. The van der Waals surface area contributed by atoms with Crippen LogP contribution in [-0.4, -0.2) is 45.1 Å². The molecule has 32 heavy (non-hydrogen) atoms. The summed E-state index contributed by atoms with van der Waals surface area (Å²) in [6.07, 6.45) is 0.456. The topological polar surface area (TPSA) is 111 Å². The van der Waals surface area contributed by atoms with Gasteiger partial charge < -0.3 is 25.3 Å². The van der Waals surface area contributed by atoms with E-state index in [2.05, 4.69) is 16.8 Å². The van der Waals surface area contributed by atoms with Gasteiger partial charge in [-0.25, -0.2) is 4.98 Å². The first kappa shape index (κ1) is 24.1. The lowest BCUT2D eigenvalue weighted by Crippen LogP contribution is -2.22. The normalized spacial score (nSPS) is 12.9. The summed E-state index contributed by atoms with van der Waals surface area (Å²) in [7, 11) is 0. The number of fused-ring (bicyclic) bond motifs is 1. The summed E-state index contributed by atoms with van der Waals surface area (Å²) in [6, 6.07) is 4.52. The molecule has 0 fully saturated rings. The van der Waals surface area contributed by atoms with Crippen molar-refractivity contribution in [2.75, 3.05) is 13.2 Å². The van der Waals surface area contributed by atoms with Crippen LogP contribution in [0, 0.1) is 25.7 Å². The van der Waals surface area contributed by atoms with Crippen LogP contribution in [0.2, 0.25) is 10.0 Å². The molecule has 2 atom stereocenters. The van der Waals surface area contributed by atoms with Crippen LogP contribution in [-0.2, 0) is 0 Å². The van der Waals surface area contributed by atoms with Crippen LogP contribution in [0.5, 0.6) is 5.88 Å². The fourth-order valence-corrected chi connectivity index (χ4v) is 3.92. The molecular formula is C23H23Cl2N3O4. The van der Waals surface area contributed by atoms with E-state index in [1.54, 1.807) is 43.7 Å². The molecule has 0 bridgehead atoms. The fraction of sp³-hybridized carbons (Fsp3) is 0.304. The number of aliphatic hydroxyl groups excluding tert-OH is 2. The summed E-state index contributed by atoms with van der Waals surface area (Å²) in [5, 5.41) is 19.6. The van der Waals surface area contributed by atoms with E-state index in [1.807, 2.05) is 0 Å². The van der Waals surface area contributed by atoms with Gasteiger partial charge in [0.15, 0.2) is 5.43 Å². The van der Waals surface area contributed by atoms with E-state index in [0.717, 1.165) is 0 Å². The van der Waals surface area contributed by atoms with Gasteiger partial charge in [-0.1, -0.05) is 35.0 Å². The quantitative estimate of drug-likeness (QED) is 0.489. The van der Waals surface area contributed by atoms with Gasteiger partial charge in [-0.2, -0.15) is 0 Å². The average molecular weight is 476 g/mol. The minimum atomic E-state index is -1.10. The Hall–Kier alpha value is -2.60. The van der Waals surface area contributed by atoms with Crippen molar-refractivity contribution in [3.63, 3.8) is 0 Å². The Kier molecular flexibility index (Phi) is 7.44. The number of pyridine rings is 2. The molecule has 9 heteroatoms. The lowest BCUT2D eigenvalue weighted by molar-refractivity contribution is 0.0526. The second-order valence-electron chi connectivity index (χ2n) is 7.45. The molecule has 2 unspecified atom stereocenters. The van der Waals surface area contributed by atoms with E-state index in [-0.39, 0.29) is 29.3 Å². The van der Waals surface area contributed by atoms with Crippen LogP contribution in [0.15, 0.2) is 29.2 Å². The van der Waals surface area contributed by atoms with Crippen molar-refractivity contribution in [2.45, 2.75) is 32.9 Å². The van der Waals surface area contributed by atoms with Crippen molar-refractivity contribution in [3.05, 3.63) is 61.5 Å². The maximum Gasteiger partial charge on any atom is 0.227 e. The minimum Gasteiger partial charge on any atom is -0.474 e. The Labute approximate surface area is 195 Å². The zero-order valence-electron chi connectivity index (χ0n) is 17.8. The number of benzene rings is 1. The highest BCUT2D eigenvalue weighted by molar-refractivity contribution is 6.38. The highest BCUT2D eigenvalue weighted by atomic mass is 35.5. The van der Waals surface area contributed by atoms with Gasteiger partial charge in [0.25, 0.3) is 0 Å². The van der Waals surface area contributed by atoms with Crippen molar-refractivity contribution in [2.24, 2.45) is 5.73 Å². The van der Waals surface area contributed by atoms with Gasteiger partial charge in [0.05, 0.1) is 33.9 Å². The van der Waals surface area contributed by atoms with E-state index in [0.29, 0.717) is 38.1 Å². The van der Waals surface area contributed by atoms with E-state index < -0.39 is 12.7 Å². The molecule has 0 radical (unpaired) electrons. The summed E-state index contributed by atoms with van der Waals surface area (Å²) < 4.78 is 7.32. The molecule has 0 aliphatic rings. The number of hydrogen-bond donors (Lipinski definition) is 3. The van der Waals surface area contributed by atoms with Crippen LogP contribution in [0.1, 0.15) is 23.7 Å². The Bertz CT molecular complexity index is 1270. The molecule has 168 valence electrons. The predicted octanol–water partition coefficient (Wildman–Crippen LogP) is 2.74. The number of aromatic nitrogens is 2. The van der Waals surface area contributed by atoms with E-state index in [9.17, 15) is 9.90 Å². The first-order valence-electron chi connectivity index (χ1n) is 9.84. The van der Waals surface area contributed by atoms with Crippen molar-refractivity contribution in [1.29, 1.82) is 0 Å². The monoisotopic (exact) mass is 475 g/mol. The minimum absolute atomic E-state index is 0.0449. The number of halogens is 2. The smallest absolute Gasteiger partial charge is 0.227 e. The number of hydrogen-bond acceptors (Lipinski definition) is 6. The maximum atomic E-state index is 12.9. The van der Waals surface area contributed by atoms with Crippen molar-refractivity contribution < 1.29 is 14.9 Å². The zero-order chi connectivity index (χ0) is 23.6. The Morgan fingerprint density at radius 3 is 2.50 bits per heavy atom. The molecule has 4 N–H and O–H groups in total. The van der Waals surface area contributed by atoms with Gasteiger partial charge >= 0.3 is 0 Å². The summed E-state index contributed by atoms with van der Waals surface area (Å²) in [4.78, 5) is 17.1. The molecule has 1 aromatic carbocycles. The molecule has 0 spiro atoms. The summed E-state index contributed by atoms with van der Waals surface area (Å²) >= 11 is 13.2. The van der Waals surface area contributed by atoms with E-state index >= 15 is 0 Å². The number of nitrogens with two attached hydrogens (primary N) is 1. The van der Waals surface area contributed by atoms with Crippen molar-refractivity contribution >= 4 is 34.1 Å². The lowest BCUT2D eigenvalue weighted by atomic mass is 10.1. The lowest BCUT2D eigenvalue weighted by Gasteiger charge is -2.20. The molecule has 2 aromatic heterocycles. The van der Waals surface area contributed by atoms with Gasteiger partial charge in [-0.3, -0.25) is 4.79 Å². The van der Waals surface area contributed by atoms with E-state index in [4.69, 9.17) is 38.8 Å². The molecule has 0 aliphatic carbocycles. The third kappa shape index (κ3) is 4.90. The molecule has 0 aliphatic heterocycles. The van der Waals surface area contributed by atoms with E-state index in [1.165, 1.54) is 6.07 Å². The number of nitrogens with zero attached hydrogens (tertiary/aromatic N) is 2. The number of aryl methyl sites for hydroxylation is 2. The van der Waals surface area contributed by atoms with Crippen molar-refractivity contribution in [1.82, 2.24) is 9.55 Å². The second kappa shape index (κ2) is 9.90. The molecular weight excluding hydrogens is 453 g/mol. The molecule has 3 aromatic rings. The number of rotatable bonds is 5. The van der Waals surface area contributed by atoms with Gasteiger partial charge in [0.1, 0.15) is 18.1 Å². The molecule has 0 saturated heterocycles. The predicted molar refractivity (Wildman–Crippen MR) is 126 cm³/mol. The second-order valence-corrected chi connectivity index (χ2v) is 8.26. The Balaban J connectivity index is 2.29. The molecule has 7 nitrogen and oxygen atoms in total. The molecule has 0 amide bonds. The van der Waals surface area contributed by atoms with Crippen LogP contribution >= 0.6 is 23.2 Å². The largest absolute Gasteiger partial charge is 0.474 e. The van der Waals surface area contributed by atoms with Crippen LogP contribution in [0.25, 0.3) is 16.6 Å². The SMILES string of the molecule is Cc1cnc(OCC(O)CO)c2c(=O)cc(C)n(-c3c(Cl)cc(C#CC(C)N)cc3Cl)c12. The summed E-state index contributed by atoms with van der Waals surface area (Å²) in [6.45, 7) is 4.66. The third-order valence-corrected chi connectivity index (χ3v) is 5.25. The van der Waals surface area contributed by atoms with Gasteiger partial charge in [-0.15, -0.1) is 0 Å². The highest BCUT2D eigenvalue weighted by Gasteiger charge is 2.20. The standard InChI is InChI=1S/C23H23Cl2N3O4/c1-12-9-27-23(32-11-16(30)10-29)20-19(31)6-14(3)28(21(12)20)22-17(24)7-15(8-18(22)25)5-4-13(2)26/h6-9,13,16,29-30H,10-11,26H2,1-3H3. The Morgan fingerprint density at radius 2 is 1.91 bits per heavy atom. The van der Waals surface area contributed by atoms with Crippen LogP contribution in [0.3, 0.4) is 0 Å². The summed E-state index contributed by atoms with van der Waals surface area (Å²) in [5.41, 5.74) is 8.32. The molecule has 2 heterocycles. The van der Waals surface area contributed by atoms with Crippen molar-refractivity contribution in [3.8, 4) is 23.4 Å². The van der Waals surface area contributed by atoms with Crippen LogP contribution in [0.4, 0.5) is 0 Å². The molecule has 0 saturated carbocycles. The van der Waals surface area contributed by atoms with Gasteiger partial charge in [-0.05, 0) is 38.5 Å². The fourth-order valence-electron chi connectivity index (χ4n) is 3.27. The first-order valence-corrected chi connectivity index (χ1v) is 10.6. The maximum absolute atomic E-state index is 12.9. The average Bonchev–Trinajstić information content (AvgIpc) is 2.72. The zero-order valence-corrected chi connectivity index (χ0v) is 19.3. The highest BCUT2D eigenvalue weighted by Crippen LogP contribution is 2.35. The third-order valence-electron chi connectivity index (χ3n) is 4.67. The number of aliphatic hydroxyl groups is 2. The molecule has 3 rings (SSSR count). The summed E-state index contributed by atoms with van der Waals surface area (Å²) in [5.74, 6) is 5.85. The van der Waals surface area contributed by atoms with Crippen LogP contribution < -0.4 is 15.9 Å². The number of ether oxygens (including phenoxy) is 1.